The van der Waals surface area contributed by atoms with Crippen LogP contribution < -0.4 is 0 Å². The van der Waals surface area contributed by atoms with E-state index >= 15 is 0 Å². The Balaban J connectivity index is 1.65. The van der Waals surface area contributed by atoms with Crippen LogP contribution in [0.1, 0.15) is 48.2 Å². The molecule has 136 valence electrons. The van der Waals surface area contributed by atoms with E-state index in [0.717, 1.165) is 18.5 Å². The highest BCUT2D eigenvalue weighted by molar-refractivity contribution is 7.89. The minimum Gasteiger partial charge on any atom is -0.386 e. The fourth-order valence-corrected chi connectivity index (χ4v) is 5.17. The molecule has 4 rings (SSSR count). The summed E-state index contributed by atoms with van der Waals surface area (Å²) in [6.45, 7) is 4.53. The van der Waals surface area contributed by atoms with Crippen molar-refractivity contribution in [3.05, 3.63) is 28.9 Å². The van der Waals surface area contributed by atoms with Crippen LogP contribution >= 0.6 is 0 Å². The molecule has 0 spiro atoms. The van der Waals surface area contributed by atoms with E-state index in [1.807, 2.05) is 10.7 Å². The van der Waals surface area contributed by atoms with Crippen LogP contribution in [0.15, 0.2) is 15.5 Å². The summed E-state index contributed by atoms with van der Waals surface area (Å²) < 4.78 is 34.4. The first-order valence-electron chi connectivity index (χ1n) is 8.55. The zero-order valence-corrected chi connectivity index (χ0v) is 15.2. The first kappa shape index (κ1) is 16.7. The highest BCUT2D eigenvalue weighted by Crippen LogP contribution is 2.40. The second-order valence-electron chi connectivity index (χ2n) is 6.91. The SMILES string of the molecule is Cc1noc(C)c1S(=O)(=O)N1CCCn2nc([C@H](O)C3CC3)cc2C1. The van der Waals surface area contributed by atoms with Crippen LogP contribution in [-0.2, 0) is 23.1 Å². The molecule has 0 aromatic carbocycles. The van der Waals surface area contributed by atoms with E-state index in [4.69, 9.17) is 4.52 Å². The van der Waals surface area contributed by atoms with Gasteiger partial charge in [-0.25, -0.2) is 8.42 Å². The van der Waals surface area contributed by atoms with E-state index < -0.39 is 16.1 Å². The molecule has 1 fully saturated rings. The molecule has 1 atom stereocenters. The Hall–Kier alpha value is -1.71. The van der Waals surface area contributed by atoms with Crippen LogP contribution in [-0.4, -0.2) is 39.3 Å². The molecule has 0 radical (unpaired) electrons. The molecule has 2 aliphatic rings. The summed E-state index contributed by atoms with van der Waals surface area (Å²) >= 11 is 0. The van der Waals surface area contributed by atoms with Gasteiger partial charge in [0.15, 0.2) is 5.76 Å². The predicted molar refractivity (Wildman–Crippen MR) is 88.1 cm³/mol. The lowest BCUT2D eigenvalue weighted by Crippen LogP contribution is -2.31. The van der Waals surface area contributed by atoms with Gasteiger partial charge in [-0.1, -0.05) is 5.16 Å². The van der Waals surface area contributed by atoms with Crippen molar-refractivity contribution in [3.63, 3.8) is 0 Å². The fraction of sp³-hybridized carbons (Fsp3) is 0.625. The lowest BCUT2D eigenvalue weighted by molar-refractivity contribution is 0.148. The van der Waals surface area contributed by atoms with E-state index in [2.05, 4.69) is 10.3 Å². The van der Waals surface area contributed by atoms with Crippen molar-refractivity contribution < 1.29 is 18.0 Å². The minimum atomic E-state index is -3.69. The Bertz CT molecular complexity index is 878. The van der Waals surface area contributed by atoms with Gasteiger partial charge in [0.1, 0.15) is 16.7 Å². The standard InChI is InChI=1S/C16H22N4O4S/c1-10-16(11(2)24-18-10)25(22,23)19-6-3-7-20-13(9-19)8-14(17-20)15(21)12-4-5-12/h8,12,15,21H,3-7,9H2,1-2H3/t15-/m1/s1. The Kier molecular flexibility index (Phi) is 3.97. The maximum Gasteiger partial charge on any atom is 0.248 e. The third-order valence-corrected chi connectivity index (χ3v) is 7.03. The Morgan fingerprint density at radius 1 is 1.32 bits per heavy atom. The van der Waals surface area contributed by atoms with E-state index in [-0.39, 0.29) is 11.4 Å². The molecule has 3 heterocycles. The Morgan fingerprint density at radius 2 is 2.08 bits per heavy atom. The highest BCUT2D eigenvalue weighted by atomic mass is 32.2. The minimum absolute atomic E-state index is 0.152. The van der Waals surface area contributed by atoms with Gasteiger partial charge in [0.05, 0.1) is 17.9 Å². The third kappa shape index (κ3) is 2.90. The summed E-state index contributed by atoms with van der Waals surface area (Å²) in [6, 6.07) is 1.84. The smallest absolute Gasteiger partial charge is 0.248 e. The monoisotopic (exact) mass is 366 g/mol. The van der Waals surface area contributed by atoms with Crippen molar-refractivity contribution in [1.82, 2.24) is 19.2 Å². The number of aryl methyl sites for hydroxylation is 3. The van der Waals surface area contributed by atoms with Gasteiger partial charge < -0.3 is 9.63 Å². The summed E-state index contributed by atoms with van der Waals surface area (Å²) in [7, 11) is -3.69. The van der Waals surface area contributed by atoms with Crippen molar-refractivity contribution in [2.45, 2.75) is 57.2 Å². The molecule has 1 N–H and O–H groups in total. The van der Waals surface area contributed by atoms with Crippen molar-refractivity contribution in [2.75, 3.05) is 6.54 Å². The molecule has 0 unspecified atom stereocenters. The van der Waals surface area contributed by atoms with Gasteiger partial charge in [0.2, 0.25) is 10.0 Å². The number of sulfonamides is 1. The molecule has 0 bridgehead atoms. The number of aliphatic hydroxyl groups is 1. The zero-order valence-electron chi connectivity index (χ0n) is 14.3. The first-order chi connectivity index (χ1) is 11.9. The molecule has 0 amide bonds. The van der Waals surface area contributed by atoms with Gasteiger partial charge in [-0.15, -0.1) is 0 Å². The highest BCUT2D eigenvalue weighted by Gasteiger charge is 2.35. The molecule has 1 saturated carbocycles. The number of rotatable bonds is 4. The number of fused-ring (bicyclic) bond motifs is 1. The molecule has 25 heavy (non-hydrogen) atoms. The Labute approximate surface area is 146 Å². The molecular weight excluding hydrogens is 344 g/mol. The molecule has 2 aromatic rings. The largest absolute Gasteiger partial charge is 0.386 e. The average Bonchev–Trinajstić information content (AvgIpc) is 3.29. The zero-order chi connectivity index (χ0) is 17.8. The van der Waals surface area contributed by atoms with E-state index in [1.165, 1.54) is 4.31 Å². The van der Waals surface area contributed by atoms with Gasteiger partial charge in [0, 0.05) is 13.1 Å². The van der Waals surface area contributed by atoms with Crippen LogP contribution in [0.4, 0.5) is 0 Å². The topological polar surface area (TPSA) is 101 Å². The molecular formula is C16H22N4O4S. The van der Waals surface area contributed by atoms with E-state index in [1.54, 1.807) is 13.8 Å². The molecule has 9 heteroatoms. The second kappa shape index (κ2) is 5.93. The molecule has 2 aromatic heterocycles. The van der Waals surface area contributed by atoms with Crippen LogP contribution in [0.5, 0.6) is 0 Å². The predicted octanol–water partition coefficient (Wildman–Crippen LogP) is 1.53. The van der Waals surface area contributed by atoms with Gasteiger partial charge in [-0.2, -0.15) is 9.40 Å². The van der Waals surface area contributed by atoms with Gasteiger partial charge in [-0.05, 0) is 45.1 Å². The maximum atomic E-state index is 13.1. The number of aromatic nitrogens is 3. The normalized spacial score (nSPS) is 20.3. The summed E-state index contributed by atoms with van der Waals surface area (Å²) in [4.78, 5) is 0.152. The van der Waals surface area contributed by atoms with E-state index in [9.17, 15) is 13.5 Å². The van der Waals surface area contributed by atoms with E-state index in [0.29, 0.717) is 42.6 Å². The number of nitrogens with zero attached hydrogens (tertiary/aromatic N) is 4. The van der Waals surface area contributed by atoms with Crippen LogP contribution in [0.2, 0.25) is 0 Å². The fourth-order valence-electron chi connectivity index (χ4n) is 3.43. The molecule has 1 aliphatic carbocycles. The number of hydrogen-bond donors (Lipinski definition) is 1. The molecule has 0 saturated heterocycles. The third-order valence-electron chi connectivity index (χ3n) is 4.94. The summed E-state index contributed by atoms with van der Waals surface area (Å²) in [5, 5.41) is 18.6. The van der Waals surface area contributed by atoms with Gasteiger partial charge >= 0.3 is 0 Å². The quantitative estimate of drug-likeness (QED) is 0.880. The summed E-state index contributed by atoms with van der Waals surface area (Å²) in [5.41, 5.74) is 1.83. The lowest BCUT2D eigenvalue weighted by Gasteiger charge is -2.19. The van der Waals surface area contributed by atoms with Crippen molar-refractivity contribution in [2.24, 2.45) is 5.92 Å². The molecule has 8 nitrogen and oxygen atoms in total. The second-order valence-corrected chi connectivity index (χ2v) is 8.79. The summed E-state index contributed by atoms with van der Waals surface area (Å²) in [6.07, 6.45) is 2.16. The van der Waals surface area contributed by atoms with Crippen LogP contribution in [0, 0.1) is 19.8 Å². The maximum absolute atomic E-state index is 13.1. The first-order valence-corrected chi connectivity index (χ1v) is 9.99. The van der Waals surface area contributed by atoms with Crippen LogP contribution in [0.25, 0.3) is 0 Å². The summed E-state index contributed by atoms with van der Waals surface area (Å²) in [5.74, 6) is 0.598. The number of aliphatic hydroxyl groups excluding tert-OH is 1. The van der Waals surface area contributed by atoms with Crippen molar-refractivity contribution in [3.8, 4) is 0 Å². The molecule has 1 aliphatic heterocycles. The van der Waals surface area contributed by atoms with Crippen LogP contribution in [0.3, 0.4) is 0 Å². The lowest BCUT2D eigenvalue weighted by atomic mass is 10.1. The average molecular weight is 366 g/mol. The van der Waals surface area contributed by atoms with Gasteiger partial charge in [0.25, 0.3) is 0 Å². The Morgan fingerprint density at radius 3 is 2.72 bits per heavy atom. The van der Waals surface area contributed by atoms with Crippen molar-refractivity contribution in [1.29, 1.82) is 0 Å². The van der Waals surface area contributed by atoms with Crippen molar-refractivity contribution >= 4 is 10.0 Å². The van der Waals surface area contributed by atoms with Gasteiger partial charge in [-0.3, -0.25) is 4.68 Å². The number of hydrogen-bond acceptors (Lipinski definition) is 6.